The zero-order valence-electron chi connectivity index (χ0n) is 17.7. The molecule has 0 radical (unpaired) electrons. The molecule has 0 aliphatic carbocycles. The lowest BCUT2D eigenvalue weighted by atomic mass is 10.1. The molecule has 1 heterocycles. The fraction of sp³-hybridized carbons (Fsp3) is 0.583. The first-order chi connectivity index (χ1) is 14.1. The third-order valence-corrected chi connectivity index (χ3v) is 5.32. The number of rotatable bonds is 14. The molecule has 1 aromatic carbocycles. The topological polar surface area (TPSA) is 68.5 Å². The van der Waals surface area contributed by atoms with Crippen LogP contribution in [-0.2, 0) is 16.3 Å². The summed E-state index contributed by atoms with van der Waals surface area (Å²) in [7, 11) is 0. The second-order valence-electron chi connectivity index (χ2n) is 7.77. The molecule has 0 aliphatic heterocycles. The maximum absolute atomic E-state index is 12.1. The van der Waals surface area contributed by atoms with Crippen LogP contribution in [0.3, 0.4) is 0 Å². The Kier molecular flexibility index (Phi) is 10.3. The van der Waals surface area contributed by atoms with Gasteiger partial charge in [-0.25, -0.2) is 0 Å². The molecular formula is C24H35NO4. The van der Waals surface area contributed by atoms with Crippen LogP contribution in [0, 0.1) is 0 Å². The Hall–Kier alpha value is -2.30. The Labute approximate surface area is 173 Å². The van der Waals surface area contributed by atoms with Gasteiger partial charge in [0.25, 0.3) is 5.56 Å². The van der Waals surface area contributed by atoms with Gasteiger partial charge in [-0.05, 0) is 30.0 Å². The molecule has 0 atom stereocenters. The van der Waals surface area contributed by atoms with Crippen molar-refractivity contribution in [2.45, 2.75) is 90.7 Å². The molecule has 0 saturated heterocycles. The van der Waals surface area contributed by atoms with Gasteiger partial charge in [0.05, 0.1) is 5.52 Å². The second kappa shape index (κ2) is 13.0. The van der Waals surface area contributed by atoms with E-state index in [0.29, 0.717) is 11.9 Å². The fourth-order valence-corrected chi connectivity index (χ4v) is 3.55. The molecule has 0 amide bonds. The number of benzene rings is 1. The van der Waals surface area contributed by atoms with Crippen LogP contribution in [-0.4, -0.2) is 15.6 Å². The number of carbonyl (C=O) groups is 1. The largest absolute Gasteiger partial charge is 0.508 e. The van der Waals surface area contributed by atoms with E-state index < -0.39 is 0 Å². The Morgan fingerprint density at radius 2 is 1.48 bits per heavy atom. The average molecular weight is 402 g/mol. The summed E-state index contributed by atoms with van der Waals surface area (Å²) in [6.07, 6.45) is 14.0. The molecule has 0 fully saturated rings. The van der Waals surface area contributed by atoms with Crippen molar-refractivity contribution in [2.75, 3.05) is 0 Å². The molecule has 5 heteroatoms. The molecule has 160 valence electrons. The summed E-state index contributed by atoms with van der Waals surface area (Å²) < 4.78 is 6.66. The van der Waals surface area contributed by atoms with Crippen molar-refractivity contribution in [1.82, 2.24) is 4.57 Å². The highest BCUT2D eigenvalue weighted by Crippen LogP contribution is 2.18. The molecule has 2 aromatic rings. The number of hydrogen-bond acceptors (Lipinski definition) is 4. The predicted molar refractivity (Wildman–Crippen MR) is 117 cm³/mol. The van der Waals surface area contributed by atoms with E-state index in [9.17, 15) is 14.7 Å². The van der Waals surface area contributed by atoms with Gasteiger partial charge in [-0.1, -0.05) is 71.1 Å². The van der Waals surface area contributed by atoms with Gasteiger partial charge in [0.15, 0.2) is 6.73 Å². The van der Waals surface area contributed by atoms with Crippen molar-refractivity contribution in [2.24, 2.45) is 0 Å². The Morgan fingerprint density at radius 1 is 0.897 bits per heavy atom. The van der Waals surface area contributed by atoms with Gasteiger partial charge in [0, 0.05) is 18.6 Å². The second-order valence-corrected chi connectivity index (χ2v) is 7.77. The van der Waals surface area contributed by atoms with Gasteiger partial charge < -0.3 is 9.84 Å². The number of hydrogen-bond donors (Lipinski definition) is 1. The first kappa shape index (κ1) is 23.0. The van der Waals surface area contributed by atoms with E-state index in [4.69, 9.17) is 4.74 Å². The summed E-state index contributed by atoms with van der Waals surface area (Å²) in [5.41, 5.74) is 0.297. The smallest absolute Gasteiger partial charge is 0.307 e. The summed E-state index contributed by atoms with van der Waals surface area (Å²) in [6, 6.07) is 7.94. The van der Waals surface area contributed by atoms with Crippen LogP contribution in [0.4, 0.5) is 0 Å². The van der Waals surface area contributed by atoms with Crippen LogP contribution in [0.15, 0.2) is 35.1 Å². The number of fused-ring (bicyclic) bond motifs is 1. The van der Waals surface area contributed by atoms with Gasteiger partial charge in [0.1, 0.15) is 5.75 Å². The Balaban J connectivity index is 1.61. The quantitative estimate of drug-likeness (QED) is 0.316. The van der Waals surface area contributed by atoms with E-state index in [2.05, 4.69) is 6.92 Å². The van der Waals surface area contributed by atoms with Gasteiger partial charge in [0.2, 0.25) is 0 Å². The van der Waals surface area contributed by atoms with Crippen molar-refractivity contribution in [1.29, 1.82) is 0 Å². The number of carbonyl (C=O) groups excluding carboxylic acids is 1. The van der Waals surface area contributed by atoms with Crippen molar-refractivity contribution >= 4 is 16.9 Å². The Bertz CT molecular complexity index is 812. The SMILES string of the molecule is CCCCCCCCCCCCCC(=O)OCn1c(=O)ccc2ccc(O)cc21. The summed E-state index contributed by atoms with van der Waals surface area (Å²) in [4.78, 5) is 24.1. The van der Waals surface area contributed by atoms with Crippen LogP contribution in [0.1, 0.15) is 84.0 Å². The molecule has 0 aliphatic rings. The first-order valence-corrected chi connectivity index (χ1v) is 11.1. The maximum atomic E-state index is 12.1. The van der Waals surface area contributed by atoms with Gasteiger partial charge in [-0.15, -0.1) is 0 Å². The molecule has 5 nitrogen and oxygen atoms in total. The number of pyridine rings is 1. The van der Waals surface area contributed by atoms with E-state index in [1.807, 2.05) is 0 Å². The van der Waals surface area contributed by atoms with Crippen LogP contribution in [0.5, 0.6) is 5.75 Å². The molecule has 1 aromatic heterocycles. The lowest BCUT2D eigenvalue weighted by Gasteiger charge is -2.11. The molecule has 29 heavy (non-hydrogen) atoms. The number of phenolic OH excluding ortho intramolecular Hbond substituents is 1. The van der Waals surface area contributed by atoms with E-state index >= 15 is 0 Å². The van der Waals surface area contributed by atoms with Crippen LogP contribution < -0.4 is 5.56 Å². The lowest BCUT2D eigenvalue weighted by molar-refractivity contribution is -0.147. The van der Waals surface area contributed by atoms with E-state index in [0.717, 1.165) is 24.6 Å². The molecule has 0 spiro atoms. The zero-order valence-corrected chi connectivity index (χ0v) is 17.7. The number of aromatic nitrogens is 1. The number of esters is 1. The number of aromatic hydroxyl groups is 1. The molecule has 1 N–H and O–H groups in total. The highest BCUT2D eigenvalue weighted by molar-refractivity contribution is 5.80. The number of nitrogens with zero attached hydrogens (tertiary/aromatic N) is 1. The highest BCUT2D eigenvalue weighted by Gasteiger charge is 2.08. The Morgan fingerprint density at radius 3 is 2.14 bits per heavy atom. The monoisotopic (exact) mass is 401 g/mol. The first-order valence-electron chi connectivity index (χ1n) is 11.1. The minimum Gasteiger partial charge on any atom is -0.508 e. The molecule has 0 unspecified atom stereocenters. The number of phenols is 1. The predicted octanol–water partition coefficient (Wildman–Crippen LogP) is 5.91. The van der Waals surface area contributed by atoms with Crippen LogP contribution in [0.2, 0.25) is 0 Å². The zero-order chi connectivity index (χ0) is 20.9. The standard InChI is InChI=1S/C24H35NO4/c1-2-3-4-5-6-7-8-9-10-11-12-13-24(28)29-19-25-22-18-21(26)16-14-20(22)15-17-23(25)27/h14-18,26H,2-13,19H2,1H3. The van der Waals surface area contributed by atoms with Crippen molar-refractivity contribution in [3.8, 4) is 5.75 Å². The highest BCUT2D eigenvalue weighted by atomic mass is 16.5. The van der Waals surface area contributed by atoms with Gasteiger partial charge in [-0.2, -0.15) is 0 Å². The number of unbranched alkanes of at least 4 members (excludes halogenated alkanes) is 10. The van der Waals surface area contributed by atoms with E-state index in [1.165, 1.54) is 68.1 Å². The van der Waals surface area contributed by atoms with Gasteiger partial charge in [-0.3, -0.25) is 14.2 Å². The minimum absolute atomic E-state index is 0.0733. The third-order valence-electron chi connectivity index (χ3n) is 5.32. The lowest BCUT2D eigenvalue weighted by Crippen LogP contribution is -2.22. The minimum atomic E-state index is -0.287. The summed E-state index contributed by atoms with van der Waals surface area (Å²) in [5.74, 6) is -0.214. The van der Waals surface area contributed by atoms with Crippen LogP contribution >= 0.6 is 0 Å². The molecular weight excluding hydrogens is 366 g/mol. The van der Waals surface area contributed by atoms with Gasteiger partial charge >= 0.3 is 5.97 Å². The van der Waals surface area contributed by atoms with Crippen molar-refractivity contribution in [3.63, 3.8) is 0 Å². The van der Waals surface area contributed by atoms with Crippen molar-refractivity contribution < 1.29 is 14.6 Å². The molecule has 0 saturated carbocycles. The molecule has 2 rings (SSSR count). The summed E-state index contributed by atoms with van der Waals surface area (Å²) in [6.45, 7) is 2.11. The third kappa shape index (κ3) is 8.30. The normalized spacial score (nSPS) is 11.1. The fourth-order valence-electron chi connectivity index (χ4n) is 3.55. The van der Waals surface area contributed by atoms with E-state index in [1.54, 1.807) is 18.2 Å². The summed E-state index contributed by atoms with van der Waals surface area (Å²) >= 11 is 0. The van der Waals surface area contributed by atoms with Crippen LogP contribution in [0.25, 0.3) is 10.9 Å². The average Bonchev–Trinajstić information content (AvgIpc) is 2.71. The number of ether oxygens (including phenoxy) is 1. The van der Waals surface area contributed by atoms with Crippen molar-refractivity contribution in [3.05, 3.63) is 40.7 Å². The van der Waals surface area contributed by atoms with E-state index in [-0.39, 0.29) is 24.0 Å². The maximum Gasteiger partial charge on any atom is 0.307 e. The summed E-state index contributed by atoms with van der Waals surface area (Å²) in [5, 5.41) is 10.5. The molecule has 0 bridgehead atoms.